The molecule has 1 saturated heterocycles. The number of aliphatic hydroxyl groups is 1. The molecule has 156 valence electrons. The molecule has 1 saturated carbocycles. The first-order chi connectivity index (χ1) is 14.3. The molecule has 0 atom stereocenters. The maximum atomic E-state index is 9.39. The van der Waals surface area contributed by atoms with Gasteiger partial charge in [-0.2, -0.15) is 5.10 Å². The van der Waals surface area contributed by atoms with Crippen molar-refractivity contribution in [1.82, 2.24) is 10.2 Å². The van der Waals surface area contributed by atoms with Crippen LogP contribution in [0.2, 0.25) is 0 Å². The van der Waals surface area contributed by atoms with Gasteiger partial charge in [0.15, 0.2) is 5.82 Å². The molecule has 0 amide bonds. The van der Waals surface area contributed by atoms with Crippen LogP contribution in [0.25, 0.3) is 0 Å². The molecular formula is C22H29N3O4. The van der Waals surface area contributed by atoms with E-state index in [4.69, 9.17) is 14.2 Å². The summed E-state index contributed by atoms with van der Waals surface area (Å²) in [6, 6.07) is 12.0. The summed E-state index contributed by atoms with van der Waals surface area (Å²) in [4.78, 5) is 2.22. The van der Waals surface area contributed by atoms with Crippen molar-refractivity contribution in [3.63, 3.8) is 0 Å². The lowest BCUT2D eigenvalue weighted by molar-refractivity contribution is -0.108. The van der Waals surface area contributed by atoms with Crippen LogP contribution in [0.5, 0.6) is 5.75 Å². The highest BCUT2D eigenvalue weighted by atomic mass is 16.5. The summed E-state index contributed by atoms with van der Waals surface area (Å²) < 4.78 is 17.5. The van der Waals surface area contributed by atoms with Gasteiger partial charge in [0, 0.05) is 19.2 Å². The summed E-state index contributed by atoms with van der Waals surface area (Å²) >= 11 is 0. The first kappa shape index (κ1) is 20.1. The Labute approximate surface area is 171 Å². The molecule has 2 aromatic rings. The number of aliphatic hydroxyl groups excluding tert-OH is 1. The zero-order valence-electron chi connectivity index (χ0n) is 16.7. The lowest BCUT2D eigenvalue weighted by Gasteiger charge is -2.38. The van der Waals surface area contributed by atoms with Gasteiger partial charge in [0.1, 0.15) is 12.4 Å². The van der Waals surface area contributed by atoms with Crippen LogP contribution in [0, 0.1) is 0 Å². The number of hydrogen-bond donors (Lipinski definition) is 1. The van der Waals surface area contributed by atoms with Gasteiger partial charge in [-0.1, -0.05) is 30.3 Å². The Morgan fingerprint density at radius 1 is 1.03 bits per heavy atom. The maximum Gasteiger partial charge on any atom is 0.154 e. The summed E-state index contributed by atoms with van der Waals surface area (Å²) in [6.45, 7) is 3.35. The Kier molecular flexibility index (Phi) is 6.92. The van der Waals surface area contributed by atoms with Crippen LogP contribution in [0.3, 0.4) is 0 Å². The number of nitrogens with zero attached hydrogens (tertiary/aromatic N) is 3. The fourth-order valence-corrected chi connectivity index (χ4v) is 3.70. The third kappa shape index (κ3) is 5.88. The molecule has 0 bridgehead atoms. The molecule has 2 heterocycles. The Bertz CT molecular complexity index is 747. The molecule has 1 aromatic heterocycles. The van der Waals surface area contributed by atoms with Crippen LogP contribution < -0.4 is 9.64 Å². The SMILES string of the molecule is OC1CC(OC2CCN(c3cc(OCCOCc4ccccc4)cnn3)CC2)C1. The van der Waals surface area contributed by atoms with Gasteiger partial charge in [-0.15, -0.1) is 5.10 Å². The standard InChI is InChI=1S/C22H29N3O4/c26-18-12-20(13-18)29-19-6-8-25(9-7-19)22-14-21(15-23-24-22)28-11-10-27-16-17-4-2-1-3-5-17/h1-5,14-15,18-20,26H,6-13,16H2. The van der Waals surface area contributed by atoms with Crippen molar-refractivity contribution in [1.29, 1.82) is 0 Å². The van der Waals surface area contributed by atoms with E-state index in [1.165, 1.54) is 0 Å². The third-order valence-corrected chi connectivity index (χ3v) is 5.45. The minimum Gasteiger partial charge on any atom is -0.489 e. The van der Waals surface area contributed by atoms with E-state index in [2.05, 4.69) is 15.1 Å². The predicted octanol–water partition coefficient (Wildman–Crippen LogP) is 2.58. The number of hydrogen-bond acceptors (Lipinski definition) is 7. The molecule has 1 aliphatic carbocycles. The van der Waals surface area contributed by atoms with Crippen molar-refractivity contribution in [3.8, 4) is 5.75 Å². The van der Waals surface area contributed by atoms with E-state index in [-0.39, 0.29) is 18.3 Å². The average molecular weight is 399 g/mol. The highest BCUT2D eigenvalue weighted by molar-refractivity contribution is 5.42. The van der Waals surface area contributed by atoms with E-state index in [1.807, 2.05) is 36.4 Å². The molecular weight excluding hydrogens is 370 g/mol. The van der Waals surface area contributed by atoms with Crippen LogP contribution in [-0.4, -0.2) is 59.9 Å². The number of benzene rings is 1. The minimum atomic E-state index is -0.165. The molecule has 0 radical (unpaired) electrons. The van der Waals surface area contributed by atoms with Crippen molar-refractivity contribution >= 4 is 5.82 Å². The normalized spacial score (nSPS) is 22.3. The summed E-state index contributed by atoms with van der Waals surface area (Å²) in [7, 11) is 0. The summed E-state index contributed by atoms with van der Waals surface area (Å²) in [6.07, 6.45) is 5.47. The highest BCUT2D eigenvalue weighted by Gasteiger charge is 2.31. The summed E-state index contributed by atoms with van der Waals surface area (Å²) in [5.41, 5.74) is 1.15. The minimum absolute atomic E-state index is 0.165. The van der Waals surface area contributed by atoms with E-state index in [9.17, 15) is 5.11 Å². The largest absolute Gasteiger partial charge is 0.489 e. The van der Waals surface area contributed by atoms with Crippen LogP contribution >= 0.6 is 0 Å². The van der Waals surface area contributed by atoms with Crippen molar-refractivity contribution in [2.45, 2.75) is 50.6 Å². The fraction of sp³-hybridized carbons (Fsp3) is 0.545. The Morgan fingerprint density at radius 3 is 2.59 bits per heavy atom. The molecule has 7 nitrogen and oxygen atoms in total. The number of anilines is 1. The molecule has 1 aromatic carbocycles. The second-order valence-electron chi connectivity index (χ2n) is 7.71. The van der Waals surface area contributed by atoms with Crippen LogP contribution in [-0.2, 0) is 16.1 Å². The van der Waals surface area contributed by atoms with Crippen LogP contribution in [0.1, 0.15) is 31.2 Å². The fourth-order valence-electron chi connectivity index (χ4n) is 3.70. The zero-order valence-corrected chi connectivity index (χ0v) is 16.7. The van der Waals surface area contributed by atoms with Gasteiger partial charge in [-0.3, -0.25) is 0 Å². The molecule has 2 aliphatic rings. The van der Waals surface area contributed by atoms with Crippen molar-refractivity contribution in [2.75, 3.05) is 31.2 Å². The van der Waals surface area contributed by atoms with E-state index in [1.54, 1.807) is 6.20 Å². The smallest absolute Gasteiger partial charge is 0.154 e. The molecule has 4 rings (SSSR count). The van der Waals surface area contributed by atoms with E-state index < -0.39 is 0 Å². The lowest BCUT2D eigenvalue weighted by Crippen LogP contribution is -2.43. The van der Waals surface area contributed by atoms with Crippen LogP contribution in [0.15, 0.2) is 42.6 Å². The van der Waals surface area contributed by atoms with Crippen LogP contribution in [0.4, 0.5) is 5.82 Å². The van der Waals surface area contributed by atoms with Gasteiger partial charge in [0.2, 0.25) is 0 Å². The summed E-state index contributed by atoms with van der Waals surface area (Å²) in [5, 5.41) is 17.7. The van der Waals surface area contributed by atoms with Gasteiger partial charge in [-0.05, 0) is 31.2 Å². The quantitative estimate of drug-likeness (QED) is 0.650. The van der Waals surface area contributed by atoms with Gasteiger partial charge in [0.25, 0.3) is 0 Å². The number of rotatable bonds is 9. The van der Waals surface area contributed by atoms with Gasteiger partial charge in [0.05, 0.1) is 37.7 Å². The monoisotopic (exact) mass is 399 g/mol. The third-order valence-electron chi connectivity index (χ3n) is 5.45. The molecule has 7 heteroatoms. The van der Waals surface area contributed by atoms with Gasteiger partial charge < -0.3 is 24.2 Å². The zero-order chi connectivity index (χ0) is 19.9. The van der Waals surface area contributed by atoms with Crippen molar-refractivity contribution < 1.29 is 19.3 Å². The number of ether oxygens (including phenoxy) is 3. The van der Waals surface area contributed by atoms with E-state index in [0.29, 0.717) is 25.6 Å². The lowest BCUT2D eigenvalue weighted by atomic mass is 9.92. The first-order valence-electron chi connectivity index (χ1n) is 10.4. The molecule has 29 heavy (non-hydrogen) atoms. The Balaban J connectivity index is 1.17. The number of piperidine rings is 1. The Morgan fingerprint density at radius 2 is 1.83 bits per heavy atom. The van der Waals surface area contributed by atoms with Gasteiger partial charge in [-0.25, -0.2) is 0 Å². The molecule has 0 unspecified atom stereocenters. The highest BCUT2D eigenvalue weighted by Crippen LogP contribution is 2.28. The van der Waals surface area contributed by atoms with E-state index >= 15 is 0 Å². The molecule has 1 aliphatic heterocycles. The van der Waals surface area contributed by atoms with Crippen molar-refractivity contribution in [2.24, 2.45) is 0 Å². The molecule has 0 spiro atoms. The summed E-state index contributed by atoms with van der Waals surface area (Å²) in [5.74, 6) is 1.55. The number of aromatic nitrogens is 2. The average Bonchev–Trinajstić information content (AvgIpc) is 2.74. The topological polar surface area (TPSA) is 76.9 Å². The second kappa shape index (κ2) is 10.0. The maximum absolute atomic E-state index is 9.39. The Hall–Kier alpha value is -2.22. The van der Waals surface area contributed by atoms with E-state index in [0.717, 1.165) is 50.2 Å². The second-order valence-corrected chi connectivity index (χ2v) is 7.71. The molecule has 1 N–H and O–H groups in total. The predicted molar refractivity (Wildman–Crippen MR) is 109 cm³/mol. The van der Waals surface area contributed by atoms with Crippen molar-refractivity contribution in [3.05, 3.63) is 48.2 Å². The van der Waals surface area contributed by atoms with Gasteiger partial charge >= 0.3 is 0 Å². The molecule has 2 fully saturated rings. The first-order valence-corrected chi connectivity index (χ1v) is 10.4.